The van der Waals surface area contributed by atoms with E-state index in [-0.39, 0.29) is 71.9 Å². The van der Waals surface area contributed by atoms with E-state index in [2.05, 4.69) is 35.1 Å². The molecule has 3 aliphatic heterocycles. The van der Waals surface area contributed by atoms with Crippen LogP contribution in [0.15, 0.2) is 47.5 Å². The summed E-state index contributed by atoms with van der Waals surface area (Å²) in [5.41, 5.74) is -1.60. The molecule has 0 radical (unpaired) electrons. The number of piperidine rings is 2. The molecule has 1 aromatic heterocycles. The standard InChI is InChI=1S/C41H51F5N8O6S/c1-40(57)14-3-15-54(24-40)37-32(41(44,45)46)20-47-39(50-37)48-35-12-9-29(19-34(35)43)61(58,59)51-26-6-4-25(5-7-26)21-52-16-17-53(22-28(52)23-60-2)27-8-10-30(33(42)18-27)31-11-13-36(55)49-38(31)56/h8-10,12,18-20,25-26,28,31,51,57H,3-7,11,13-17,21-24H2,1-2H3,(H,47,48,50)(H,49,55,56)/t25?,26?,28-,31?,40-/m0/s1. The molecule has 7 rings (SSSR count). The molecule has 4 aliphatic rings. The summed E-state index contributed by atoms with van der Waals surface area (Å²) < 4.78 is 107. The van der Waals surface area contributed by atoms with Gasteiger partial charge >= 0.3 is 6.18 Å². The van der Waals surface area contributed by atoms with Crippen molar-refractivity contribution in [2.75, 3.05) is 68.1 Å². The van der Waals surface area contributed by atoms with Gasteiger partial charge in [-0.3, -0.25) is 19.8 Å². The summed E-state index contributed by atoms with van der Waals surface area (Å²) in [6, 6.07) is 7.71. The molecule has 2 amide bonds. The van der Waals surface area contributed by atoms with Crippen LogP contribution in [-0.2, 0) is 30.5 Å². The van der Waals surface area contributed by atoms with Gasteiger partial charge in [-0.1, -0.05) is 6.07 Å². The van der Waals surface area contributed by atoms with Gasteiger partial charge in [-0.25, -0.2) is 26.9 Å². The largest absolute Gasteiger partial charge is 0.421 e. The van der Waals surface area contributed by atoms with Gasteiger partial charge in [0.1, 0.15) is 23.0 Å². The van der Waals surface area contributed by atoms with Gasteiger partial charge in [-0.05, 0) is 88.1 Å². The third-order valence-corrected chi connectivity index (χ3v) is 13.7. The van der Waals surface area contributed by atoms with E-state index in [4.69, 9.17) is 4.74 Å². The zero-order chi connectivity index (χ0) is 43.7. The third-order valence-electron chi connectivity index (χ3n) is 12.1. The number of amides is 2. The molecular weight excluding hydrogens is 828 g/mol. The van der Waals surface area contributed by atoms with Crippen molar-refractivity contribution in [3.63, 3.8) is 0 Å². The Hall–Kier alpha value is -4.50. The molecule has 1 saturated carbocycles. The first-order valence-corrected chi connectivity index (χ1v) is 22.0. The smallest absolute Gasteiger partial charge is 0.388 e. The number of nitrogens with one attached hydrogen (secondary N) is 3. The molecule has 4 fully saturated rings. The highest BCUT2D eigenvalue weighted by Crippen LogP contribution is 2.38. The number of rotatable bonds is 12. The number of anilines is 4. The lowest BCUT2D eigenvalue weighted by atomic mass is 9.85. The Morgan fingerprint density at radius 2 is 1.77 bits per heavy atom. The number of hydrogen-bond acceptors (Lipinski definition) is 12. The van der Waals surface area contributed by atoms with E-state index < -0.39 is 56.6 Å². The van der Waals surface area contributed by atoms with E-state index in [0.717, 1.165) is 31.5 Å². The number of nitrogens with zero attached hydrogens (tertiary/aromatic N) is 5. The molecule has 0 bridgehead atoms. The Bertz CT molecular complexity index is 2210. The molecule has 3 atom stereocenters. The Morgan fingerprint density at radius 1 is 1.00 bits per heavy atom. The normalized spacial score (nSPS) is 25.7. The molecule has 20 heteroatoms. The third kappa shape index (κ3) is 10.6. The topological polar surface area (TPSA) is 169 Å². The van der Waals surface area contributed by atoms with Crippen molar-refractivity contribution in [2.45, 2.75) is 93.0 Å². The second-order valence-corrected chi connectivity index (χ2v) is 18.5. The summed E-state index contributed by atoms with van der Waals surface area (Å²) in [6.07, 6.45) is -0.270. The highest BCUT2D eigenvalue weighted by molar-refractivity contribution is 7.89. The summed E-state index contributed by atoms with van der Waals surface area (Å²) in [4.78, 5) is 37.2. The number of benzene rings is 2. The summed E-state index contributed by atoms with van der Waals surface area (Å²) >= 11 is 0. The number of hydrogen-bond donors (Lipinski definition) is 4. The second kappa shape index (κ2) is 18.1. The van der Waals surface area contributed by atoms with E-state index in [1.54, 1.807) is 19.2 Å². The number of alkyl halides is 3. The summed E-state index contributed by atoms with van der Waals surface area (Å²) in [5.74, 6) is -3.52. The number of sulfonamides is 1. The molecule has 1 unspecified atom stereocenters. The monoisotopic (exact) mass is 878 g/mol. The van der Waals surface area contributed by atoms with Crippen LogP contribution in [-0.4, -0.2) is 111 Å². The number of halogens is 5. The predicted molar refractivity (Wildman–Crippen MR) is 216 cm³/mol. The van der Waals surface area contributed by atoms with Crippen LogP contribution in [0, 0.1) is 17.6 Å². The Kier molecular flexibility index (Phi) is 13.2. The van der Waals surface area contributed by atoms with Crippen molar-refractivity contribution in [3.05, 3.63) is 65.4 Å². The maximum Gasteiger partial charge on any atom is 0.421 e. The van der Waals surface area contributed by atoms with E-state index in [1.807, 2.05) is 0 Å². The number of methoxy groups -OCH3 is 1. The van der Waals surface area contributed by atoms with Crippen molar-refractivity contribution >= 4 is 45.0 Å². The summed E-state index contributed by atoms with van der Waals surface area (Å²) in [5, 5.41) is 15.4. The van der Waals surface area contributed by atoms with Crippen molar-refractivity contribution in [3.8, 4) is 0 Å². The first-order valence-electron chi connectivity index (χ1n) is 20.5. The fourth-order valence-electron chi connectivity index (χ4n) is 8.95. The molecule has 4 N–H and O–H groups in total. The first kappa shape index (κ1) is 44.6. The molecular formula is C41H51F5N8O6S. The number of carbonyl (C=O) groups excluding carboxylic acids is 2. The fraction of sp³-hybridized carbons (Fsp3) is 0.561. The van der Waals surface area contributed by atoms with Crippen LogP contribution in [0.4, 0.5) is 45.1 Å². The van der Waals surface area contributed by atoms with Crippen LogP contribution >= 0.6 is 0 Å². The molecule has 3 saturated heterocycles. The van der Waals surface area contributed by atoms with Gasteiger partial charge in [-0.2, -0.15) is 18.2 Å². The van der Waals surface area contributed by atoms with Crippen LogP contribution in [0.3, 0.4) is 0 Å². The van der Waals surface area contributed by atoms with Gasteiger partial charge in [0.15, 0.2) is 0 Å². The fourth-order valence-corrected chi connectivity index (χ4v) is 10.3. The SMILES string of the molecule is COC[C@@H]1CN(c2ccc(C3CCC(=O)NC3=O)c(F)c2)CCN1CC1CCC(NS(=O)(=O)c2ccc(Nc3ncc(C(F)(F)F)c(N4CCC[C@](C)(O)C4)n3)c(F)c2)CC1. The molecule has 1 aliphatic carbocycles. The van der Waals surface area contributed by atoms with E-state index in [9.17, 15) is 36.3 Å². The zero-order valence-corrected chi connectivity index (χ0v) is 34.8. The number of aliphatic hydroxyl groups is 1. The van der Waals surface area contributed by atoms with Gasteiger partial charge in [0.2, 0.25) is 27.8 Å². The molecule has 4 heterocycles. The molecule has 61 heavy (non-hydrogen) atoms. The zero-order valence-electron chi connectivity index (χ0n) is 34.0. The lowest BCUT2D eigenvalue weighted by Crippen LogP contribution is -2.56. The highest BCUT2D eigenvalue weighted by atomic mass is 32.2. The number of β-amino-alcohol motifs (C(OH)–C–C–N with tert-alkyl or cyclic N) is 1. The highest BCUT2D eigenvalue weighted by Gasteiger charge is 2.40. The van der Waals surface area contributed by atoms with Crippen LogP contribution in [0.1, 0.15) is 75.3 Å². The second-order valence-electron chi connectivity index (χ2n) is 16.8. The Labute approximate surface area is 351 Å². The lowest BCUT2D eigenvalue weighted by Gasteiger charge is -2.44. The average Bonchev–Trinajstić information content (AvgIpc) is 3.19. The van der Waals surface area contributed by atoms with Gasteiger partial charge in [0.25, 0.3) is 0 Å². The van der Waals surface area contributed by atoms with Crippen LogP contribution in [0.25, 0.3) is 0 Å². The van der Waals surface area contributed by atoms with Crippen molar-refractivity contribution in [2.24, 2.45) is 5.92 Å². The minimum atomic E-state index is -4.78. The minimum absolute atomic E-state index is 0.0142. The van der Waals surface area contributed by atoms with Gasteiger partial charge in [0.05, 0.1) is 34.8 Å². The van der Waals surface area contributed by atoms with Gasteiger partial charge in [0, 0.05) is 76.3 Å². The predicted octanol–water partition coefficient (Wildman–Crippen LogP) is 5.06. The van der Waals surface area contributed by atoms with E-state index in [1.165, 1.54) is 24.0 Å². The lowest BCUT2D eigenvalue weighted by molar-refractivity contribution is -0.138. The quantitative estimate of drug-likeness (QED) is 0.141. The van der Waals surface area contributed by atoms with Crippen LogP contribution in [0.5, 0.6) is 0 Å². The maximum absolute atomic E-state index is 15.4. The number of carbonyl (C=O) groups is 2. The maximum atomic E-state index is 15.4. The Balaban J connectivity index is 0.924. The number of piperazine rings is 1. The summed E-state index contributed by atoms with van der Waals surface area (Å²) in [7, 11) is -2.50. The van der Waals surface area contributed by atoms with Crippen molar-refractivity contribution in [1.29, 1.82) is 0 Å². The van der Waals surface area contributed by atoms with Crippen LogP contribution in [0.2, 0.25) is 0 Å². The molecule has 332 valence electrons. The van der Waals surface area contributed by atoms with Crippen molar-refractivity contribution in [1.82, 2.24) is 24.9 Å². The Morgan fingerprint density at radius 3 is 2.44 bits per heavy atom. The first-order chi connectivity index (χ1) is 28.9. The van der Waals surface area contributed by atoms with E-state index >= 15 is 8.78 Å². The number of imide groups is 1. The number of ether oxygens (including phenoxy) is 1. The molecule has 3 aromatic rings. The molecule has 14 nitrogen and oxygen atoms in total. The van der Waals surface area contributed by atoms with Gasteiger partial charge < -0.3 is 25.0 Å². The molecule has 2 aromatic carbocycles. The van der Waals surface area contributed by atoms with Crippen LogP contribution < -0.4 is 25.2 Å². The number of aromatic nitrogens is 2. The van der Waals surface area contributed by atoms with E-state index in [0.29, 0.717) is 63.8 Å². The van der Waals surface area contributed by atoms with Gasteiger partial charge in [-0.15, -0.1) is 0 Å². The van der Waals surface area contributed by atoms with Crippen molar-refractivity contribution < 1.29 is 49.8 Å². The molecule has 0 spiro atoms. The average molecular weight is 879 g/mol. The summed E-state index contributed by atoms with van der Waals surface area (Å²) in [6.45, 7) is 4.81. The minimum Gasteiger partial charge on any atom is -0.388 e.